The van der Waals surface area contributed by atoms with Crippen molar-refractivity contribution in [3.8, 4) is 10.6 Å². The summed E-state index contributed by atoms with van der Waals surface area (Å²) in [6, 6.07) is 9.72. The lowest BCUT2D eigenvalue weighted by Crippen LogP contribution is -2.05. The lowest BCUT2D eigenvalue weighted by Gasteiger charge is -1.95. The summed E-state index contributed by atoms with van der Waals surface area (Å²) in [7, 11) is 0. The second-order valence-corrected chi connectivity index (χ2v) is 4.70. The van der Waals surface area contributed by atoms with E-state index < -0.39 is 5.97 Å². The first-order chi connectivity index (χ1) is 9.29. The van der Waals surface area contributed by atoms with Crippen LogP contribution in [0.25, 0.3) is 15.4 Å². The van der Waals surface area contributed by atoms with Gasteiger partial charge in [-0.3, -0.25) is 0 Å². The van der Waals surface area contributed by atoms with Gasteiger partial charge in [-0.2, -0.15) is 0 Å². The number of carbonyl (C=O) groups excluding carboxylic acids is 1. The molecule has 3 rings (SSSR count). The Morgan fingerprint density at radius 1 is 1.37 bits per heavy atom. The van der Waals surface area contributed by atoms with Gasteiger partial charge in [0.2, 0.25) is 5.69 Å². The third-order valence-electron chi connectivity index (χ3n) is 2.48. The molecule has 0 radical (unpaired) electrons. The smallest absolute Gasteiger partial charge is 0.362 e. The molecule has 0 unspecified atom stereocenters. The SMILES string of the molecule is CCOC(=O)c1nnn2nc(-c3ccccc3)sc12. The van der Waals surface area contributed by atoms with Gasteiger partial charge in [0.15, 0.2) is 4.83 Å². The van der Waals surface area contributed by atoms with Crippen LogP contribution < -0.4 is 0 Å². The summed E-state index contributed by atoms with van der Waals surface area (Å²) < 4.78 is 6.29. The number of aromatic nitrogens is 4. The first-order valence-electron chi connectivity index (χ1n) is 5.74. The number of rotatable bonds is 3. The summed E-state index contributed by atoms with van der Waals surface area (Å²) in [5.41, 5.74) is 1.19. The maximum atomic E-state index is 11.7. The standard InChI is InChI=1S/C12H10N4O2S/c1-2-18-12(17)9-11-16(15-13-9)14-10(19-11)8-6-4-3-5-7-8/h3-7H,2H2,1H3. The highest BCUT2D eigenvalue weighted by atomic mass is 32.1. The third-order valence-corrected chi connectivity index (χ3v) is 3.54. The highest BCUT2D eigenvalue weighted by molar-refractivity contribution is 7.20. The van der Waals surface area contributed by atoms with Gasteiger partial charge < -0.3 is 4.74 Å². The Bertz CT molecular complexity index is 720. The predicted molar refractivity (Wildman–Crippen MR) is 70.1 cm³/mol. The van der Waals surface area contributed by atoms with Gasteiger partial charge in [0.1, 0.15) is 5.01 Å². The molecule has 6 nitrogen and oxygen atoms in total. The van der Waals surface area contributed by atoms with Gasteiger partial charge in [0, 0.05) is 5.56 Å². The average Bonchev–Trinajstić information content (AvgIpc) is 2.99. The number of hydrogen-bond acceptors (Lipinski definition) is 6. The molecule has 0 aliphatic carbocycles. The van der Waals surface area contributed by atoms with Crippen molar-refractivity contribution in [1.82, 2.24) is 20.0 Å². The van der Waals surface area contributed by atoms with Gasteiger partial charge in [0.05, 0.1) is 6.61 Å². The summed E-state index contributed by atoms with van der Waals surface area (Å²) in [6.45, 7) is 2.06. The molecule has 1 aromatic carbocycles. The van der Waals surface area contributed by atoms with Crippen LogP contribution in [0.3, 0.4) is 0 Å². The normalized spacial score (nSPS) is 10.8. The van der Waals surface area contributed by atoms with E-state index in [4.69, 9.17) is 4.74 Å². The Hall–Kier alpha value is -2.28. The van der Waals surface area contributed by atoms with Gasteiger partial charge in [0.25, 0.3) is 0 Å². The molecule has 0 aliphatic rings. The lowest BCUT2D eigenvalue weighted by atomic mass is 10.2. The molecule has 0 saturated carbocycles. The highest BCUT2D eigenvalue weighted by Crippen LogP contribution is 2.26. The van der Waals surface area contributed by atoms with Crippen molar-refractivity contribution in [2.45, 2.75) is 6.92 Å². The van der Waals surface area contributed by atoms with Crippen molar-refractivity contribution < 1.29 is 9.53 Å². The lowest BCUT2D eigenvalue weighted by molar-refractivity contribution is 0.0522. The van der Waals surface area contributed by atoms with Crippen molar-refractivity contribution in [1.29, 1.82) is 0 Å². The zero-order chi connectivity index (χ0) is 13.2. The summed E-state index contributed by atoms with van der Waals surface area (Å²) >= 11 is 1.36. The van der Waals surface area contributed by atoms with Gasteiger partial charge in [-0.15, -0.1) is 14.8 Å². The first-order valence-corrected chi connectivity index (χ1v) is 6.56. The minimum atomic E-state index is -0.472. The molecule has 0 fully saturated rings. The fourth-order valence-corrected chi connectivity index (χ4v) is 2.58. The number of benzene rings is 1. The van der Waals surface area contributed by atoms with E-state index in [1.807, 2.05) is 30.3 Å². The fourth-order valence-electron chi connectivity index (χ4n) is 1.64. The predicted octanol–water partition coefficient (Wildman–Crippen LogP) is 2.03. The van der Waals surface area contributed by atoms with Crippen molar-refractivity contribution in [2.75, 3.05) is 6.61 Å². The molecule has 7 heteroatoms. The van der Waals surface area contributed by atoms with E-state index in [1.54, 1.807) is 6.92 Å². The van der Waals surface area contributed by atoms with E-state index in [0.29, 0.717) is 11.4 Å². The molecule has 0 spiro atoms. The van der Waals surface area contributed by atoms with E-state index in [-0.39, 0.29) is 5.69 Å². The molecule has 0 amide bonds. The van der Waals surface area contributed by atoms with E-state index >= 15 is 0 Å². The molecule has 0 atom stereocenters. The molecule has 0 aliphatic heterocycles. The molecule has 2 aromatic heterocycles. The number of nitrogens with zero attached hydrogens (tertiary/aromatic N) is 4. The minimum absolute atomic E-state index is 0.210. The average molecular weight is 274 g/mol. The van der Waals surface area contributed by atoms with Crippen LogP contribution in [0.4, 0.5) is 0 Å². The fraction of sp³-hybridized carbons (Fsp3) is 0.167. The van der Waals surface area contributed by atoms with Crippen LogP contribution in [0.5, 0.6) is 0 Å². The maximum absolute atomic E-state index is 11.7. The number of hydrogen-bond donors (Lipinski definition) is 0. The quantitative estimate of drug-likeness (QED) is 0.683. The Kier molecular flexibility index (Phi) is 2.96. The van der Waals surface area contributed by atoms with Gasteiger partial charge >= 0.3 is 5.97 Å². The van der Waals surface area contributed by atoms with Crippen molar-refractivity contribution in [3.05, 3.63) is 36.0 Å². The monoisotopic (exact) mass is 274 g/mol. The van der Waals surface area contributed by atoms with Gasteiger partial charge in [-0.05, 0) is 12.1 Å². The molecule has 3 aromatic rings. The second kappa shape index (κ2) is 4.77. The number of esters is 1. The number of carbonyl (C=O) groups is 1. The first kappa shape index (κ1) is 11.8. The number of ether oxygens (including phenoxy) is 1. The molecule has 2 heterocycles. The second-order valence-electron chi connectivity index (χ2n) is 3.73. The zero-order valence-electron chi connectivity index (χ0n) is 10.1. The molecular weight excluding hydrogens is 264 g/mol. The largest absolute Gasteiger partial charge is 0.461 e. The minimum Gasteiger partial charge on any atom is -0.461 e. The molecule has 96 valence electrons. The molecular formula is C12H10N4O2S. The van der Waals surface area contributed by atoms with Crippen molar-refractivity contribution >= 4 is 22.1 Å². The topological polar surface area (TPSA) is 69.4 Å². The Morgan fingerprint density at radius 3 is 2.89 bits per heavy atom. The molecule has 0 saturated heterocycles. The Balaban J connectivity index is 2.05. The summed E-state index contributed by atoms with van der Waals surface area (Å²) in [4.78, 5) is 12.3. The summed E-state index contributed by atoms with van der Waals surface area (Å²) in [6.07, 6.45) is 0. The van der Waals surface area contributed by atoms with Crippen LogP contribution in [-0.4, -0.2) is 32.6 Å². The van der Waals surface area contributed by atoms with Crippen molar-refractivity contribution in [2.24, 2.45) is 0 Å². The number of fused-ring (bicyclic) bond motifs is 1. The zero-order valence-corrected chi connectivity index (χ0v) is 10.9. The van der Waals surface area contributed by atoms with Crippen molar-refractivity contribution in [3.63, 3.8) is 0 Å². The van der Waals surface area contributed by atoms with Crippen LogP contribution in [0.15, 0.2) is 30.3 Å². The Morgan fingerprint density at radius 2 is 2.16 bits per heavy atom. The highest BCUT2D eigenvalue weighted by Gasteiger charge is 2.20. The van der Waals surface area contributed by atoms with Gasteiger partial charge in [-0.1, -0.05) is 41.7 Å². The third kappa shape index (κ3) is 2.08. The van der Waals surface area contributed by atoms with E-state index in [2.05, 4.69) is 15.4 Å². The Labute approximate surface area is 112 Å². The van der Waals surface area contributed by atoms with Crippen LogP contribution in [-0.2, 0) is 4.74 Å². The molecule has 0 N–H and O–H groups in total. The summed E-state index contributed by atoms with van der Waals surface area (Å²) in [5.74, 6) is -0.472. The molecule has 19 heavy (non-hydrogen) atoms. The van der Waals surface area contributed by atoms with Crippen LogP contribution in [0, 0.1) is 0 Å². The van der Waals surface area contributed by atoms with Crippen LogP contribution >= 0.6 is 11.3 Å². The van der Waals surface area contributed by atoms with E-state index in [9.17, 15) is 4.79 Å². The van der Waals surface area contributed by atoms with E-state index in [0.717, 1.165) is 10.6 Å². The van der Waals surface area contributed by atoms with Crippen LogP contribution in [0.2, 0.25) is 0 Å². The van der Waals surface area contributed by atoms with E-state index in [1.165, 1.54) is 16.0 Å². The molecule has 0 bridgehead atoms. The maximum Gasteiger partial charge on any atom is 0.362 e. The van der Waals surface area contributed by atoms with Gasteiger partial charge in [-0.25, -0.2) is 4.79 Å². The summed E-state index contributed by atoms with van der Waals surface area (Å²) in [5, 5.41) is 12.7. The van der Waals surface area contributed by atoms with Crippen LogP contribution in [0.1, 0.15) is 17.4 Å².